The zero-order valence-electron chi connectivity index (χ0n) is 12.9. The van der Waals surface area contributed by atoms with Gasteiger partial charge < -0.3 is 20.6 Å². The molecule has 0 saturated heterocycles. The molecule has 1 saturated carbocycles. The number of carboxylic acids is 1. The van der Waals surface area contributed by atoms with Crippen molar-refractivity contribution in [3.8, 4) is 0 Å². The van der Waals surface area contributed by atoms with Crippen LogP contribution in [0, 0.1) is 11.3 Å². The number of likely N-dealkylation sites (N-methyl/N-ethyl adjacent to an activating group) is 1. The van der Waals surface area contributed by atoms with E-state index < -0.39 is 17.4 Å². The van der Waals surface area contributed by atoms with E-state index in [1.165, 1.54) is 11.9 Å². The maximum Gasteiger partial charge on any atom is 0.317 e. The Kier molecular flexibility index (Phi) is 5.99. The van der Waals surface area contributed by atoms with Gasteiger partial charge >= 0.3 is 12.0 Å². The second-order valence-corrected chi connectivity index (χ2v) is 6.15. The quantitative estimate of drug-likeness (QED) is 0.643. The van der Waals surface area contributed by atoms with Gasteiger partial charge in [-0.2, -0.15) is 0 Å². The lowest BCUT2D eigenvalue weighted by atomic mass is 9.69. The van der Waals surface area contributed by atoms with E-state index in [0.717, 1.165) is 6.42 Å². The molecule has 0 spiro atoms. The zero-order chi connectivity index (χ0) is 16.0. The molecule has 0 aromatic rings. The number of aliphatic carboxylic acids is 1. The Bertz CT molecular complexity index is 405. The van der Waals surface area contributed by atoms with Crippen molar-refractivity contribution in [3.05, 3.63) is 0 Å². The molecule has 0 aromatic carbocycles. The van der Waals surface area contributed by atoms with E-state index in [1.54, 1.807) is 0 Å². The number of urea groups is 1. The average Bonchev–Trinajstić information content (AvgIpc) is 2.34. The van der Waals surface area contributed by atoms with Gasteiger partial charge in [-0.05, 0) is 18.8 Å². The van der Waals surface area contributed by atoms with Crippen LogP contribution >= 0.6 is 0 Å². The van der Waals surface area contributed by atoms with Crippen LogP contribution in [-0.4, -0.2) is 54.6 Å². The van der Waals surface area contributed by atoms with Gasteiger partial charge in [0.05, 0.1) is 5.41 Å². The van der Waals surface area contributed by atoms with E-state index >= 15 is 0 Å². The summed E-state index contributed by atoms with van der Waals surface area (Å²) in [5.41, 5.74) is -0.823. The minimum absolute atomic E-state index is 0.0430. The highest BCUT2D eigenvalue weighted by Crippen LogP contribution is 2.40. The molecule has 1 fully saturated rings. The van der Waals surface area contributed by atoms with E-state index in [4.69, 9.17) is 0 Å². The van der Waals surface area contributed by atoms with Crippen LogP contribution in [0.5, 0.6) is 0 Å². The third-order valence-electron chi connectivity index (χ3n) is 3.78. The molecule has 7 nitrogen and oxygen atoms in total. The zero-order valence-corrected chi connectivity index (χ0v) is 12.9. The van der Waals surface area contributed by atoms with Gasteiger partial charge in [-0.1, -0.05) is 20.3 Å². The minimum Gasteiger partial charge on any atom is -0.481 e. The second-order valence-electron chi connectivity index (χ2n) is 6.15. The van der Waals surface area contributed by atoms with Crippen molar-refractivity contribution in [3.63, 3.8) is 0 Å². The number of nitrogens with zero attached hydrogens (tertiary/aromatic N) is 1. The Morgan fingerprint density at radius 3 is 2.29 bits per heavy atom. The summed E-state index contributed by atoms with van der Waals surface area (Å²) in [5, 5.41) is 14.5. The van der Waals surface area contributed by atoms with Crippen molar-refractivity contribution in [2.45, 2.75) is 33.1 Å². The van der Waals surface area contributed by atoms with Gasteiger partial charge in [-0.25, -0.2) is 4.79 Å². The summed E-state index contributed by atoms with van der Waals surface area (Å²) in [4.78, 5) is 35.9. The van der Waals surface area contributed by atoms with Crippen LogP contribution in [0.15, 0.2) is 0 Å². The molecule has 0 aliphatic heterocycles. The second kappa shape index (κ2) is 7.28. The smallest absolute Gasteiger partial charge is 0.317 e. The van der Waals surface area contributed by atoms with Crippen molar-refractivity contribution >= 4 is 17.9 Å². The summed E-state index contributed by atoms with van der Waals surface area (Å²) >= 11 is 0. The van der Waals surface area contributed by atoms with E-state index in [1.807, 2.05) is 13.8 Å². The number of rotatable bonds is 7. The standard InChI is InChI=1S/C14H25N3O4/c1-10(2)7-15-11(18)8-17(3)13(21)16-9-14(12(19)20)5-4-6-14/h10H,4-9H2,1-3H3,(H,15,18)(H,16,21)(H,19,20). The van der Waals surface area contributed by atoms with Gasteiger partial charge in [0.1, 0.15) is 6.54 Å². The lowest BCUT2D eigenvalue weighted by Crippen LogP contribution is -2.51. The fraction of sp³-hybridized carbons (Fsp3) is 0.786. The Balaban J connectivity index is 2.34. The van der Waals surface area contributed by atoms with Gasteiger partial charge in [-0.3, -0.25) is 9.59 Å². The molecule has 120 valence electrons. The Morgan fingerprint density at radius 2 is 1.86 bits per heavy atom. The number of carboxylic acid groups (broad SMARTS) is 1. The topological polar surface area (TPSA) is 98.7 Å². The fourth-order valence-corrected chi connectivity index (χ4v) is 2.11. The number of carbonyl (C=O) groups excluding carboxylic acids is 2. The summed E-state index contributed by atoms with van der Waals surface area (Å²) < 4.78 is 0. The lowest BCUT2D eigenvalue weighted by Gasteiger charge is -2.37. The van der Waals surface area contributed by atoms with Crippen LogP contribution in [0.4, 0.5) is 4.79 Å². The monoisotopic (exact) mass is 299 g/mol. The molecule has 3 N–H and O–H groups in total. The number of hydrogen-bond donors (Lipinski definition) is 3. The summed E-state index contributed by atoms with van der Waals surface area (Å²) in [6.45, 7) is 4.61. The number of nitrogens with one attached hydrogen (secondary N) is 2. The first kappa shape index (κ1) is 17.3. The van der Waals surface area contributed by atoms with Crippen molar-refractivity contribution < 1.29 is 19.5 Å². The van der Waals surface area contributed by atoms with Crippen LogP contribution in [-0.2, 0) is 9.59 Å². The predicted octanol–water partition coefficient (Wildman–Crippen LogP) is 0.655. The van der Waals surface area contributed by atoms with E-state index in [0.29, 0.717) is 25.3 Å². The van der Waals surface area contributed by atoms with Gasteiger partial charge in [0.25, 0.3) is 0 Å². The van der Waals surface area contributed by atoms with E-state index in [9.17, 15) is 19.5 Å². The molecular weight excluding hydrogens is 274 g/mol. The van der Waals surface area contributed by atoms with Crippen LogP contribution in [0.25, 0.3) is 0 Å². The molecule has 1 aliphatic rings. The normalized spacial score (nSPS) is 16.0. The number of amides is 3. The maximum atomic E-state index is 11.9. The van der Waals surface area contributed by atoms with Crippen LogP contribution < -0.4 is 10.6 Å². The summed E-state index contributed by atoms with van der Waals surface area (Å²) in [5.74, 6) is -0.744. The molecule has 7 heteroatoms. The molecule has 1 rings (SSSR count). The average molecular weight is 299 g/mol. The Hall–Kier alpha value is -1.79. The fourth-order valence-electron chi connectivity index (χ4n) is 2.11. The molecule has 3 amide bonds. The molecule has 0 heterocycles. The van der Waals surface area contributed by atoms with Crippen molar-refractivity contribution in [2.75, 3.05) is 26.7 Å². The first-order chi connectivity index (χ1) is 9.77. The maximum absolute atomic E-state index is 11.9. The van der Waals surface area contributed by atoms with E-state index in [2.05, 4.69) is 10.6 Å². The third kappa shape index (κ3) is 4.91. The lowest BCUT2D eigenvalue weighted by molar-refractivity contribution is -0.153. The van der Waals surface area contributed by atoms with Crippen LogP contribution in [0.3, 0.4) is 0 Å². The molecule has 0 atom stereocenters. The number of carbonyl (C=O) groups is 3. The highest BCUT2D eigenvalue weighted by Gasteiger charge is 2.44. The summed E-state index contributed by atoms with van der Waals surface area (Å²) in [7, 11) is 1.51. The molecule has 0 unspecified atom stereocenters. The molecule has 1 aliphatic carbocycles. The van der Waals surface area contributed by atoms with Crippen molar-refractivity contribution in [1.29, 1.82) is 0 Å². The Labute approximate surface area is 125 Å². The largest absolute Gasteiger partial charge is 0.481 e. The van der Waals surface area contributed by atoms with Crippen LogP contribution in [0.2, 0.25) is 0 Å². The van der Waals surface area contributed by atoms with Gasteiger partial charge in [0.15, 0.2) is 0 Å². The summed E-state index contributed by atoms with van der Waals surface area (Å²) in [6, 6.07) is -0.428. The molecular formula is C14H25N3O4. The molecule has 21 heavy (non-hydrogen) atoms. The first-order valence-electron chi connectivity index (χ1n) is 7.26. The Morgan fingerprint density at radius 1 is 1.24 bits per heavy atom. The van der Waals surface area contributed by atoms with Crippen molar-refractivity contribution in [2.24, 2.45) is 11.3 Å². The predicted molar refractivity (Wildman–Crippen MR) is 77.8 cm³/mol. The molecule has 0 bridgehead atoms. The highest BCUT2D eigenvalue weighted by molar-refractivity contribution is 5.84. The molecule has 0 radical (unpaired) electrons. The van der Waals surface area contributed by atoms with Crippen molar-refractivity contribution in [1.82, 2.24) is 15.5 Å². The van der Waals surface area contributed by atoms with Crippen LogP contribution in [0.1, 0.15) is 33.1 Å². The van der Waals surface area contributed by atoms with Gasteiger partial charge in [-0.15, -0.1) is 0 Å². The van der Waals surface area contributed by atoms with Gasteiger partial charge in [0, 0.05) is 20.1 Å². The number of hydrogen-bond acceptors (Lipinski definition) is 3. The third-order valence-corrected chi connectivity index (χ3v) is 3.78. The SMILES string of the molecule is CC(C)CNC(=O)CN(C)C(=O)NCC1(C(=O)O)CCC1. The first-order valence-corrected chi connectivity index (χ1v) is 7.26. The molecule has 0 aromatic heterocycles. The summed E-state index contributed by atoms with van der Waals surface area (Å²) in [6.07, 6.45) is 2.04. The van der Waals surface area contributed by atoms with E-state index in [-0.39, 0.29) is 19.0 Å². The highest BCUT2D eigenvalue weighted by atomic mass is 16.4. The minimum atomic E-state index is -0.869. The van der Waals surface area contributed by atoms with Gasteiger partial charge in [0.2, 0.25) is 5.91 Å².